The molecule has 0 atom stereocenters. The first-order valence-electron chi connectivity index (χ1n) is 6.38. The molecule has 1 aromatic carbocycles. The molecule has 0 saturated heterocycles. The normalized spacial score (nSPS) is 10.2. The molecule has 2 rings (SSSR count). The zero-order valence-corrected chi connectivity index (χ0v) is 12.2. The van der Waals surface area contributed by atoms with Crippen LogP contribution in [-0.4, -0.2) is 22.5 Å². The molecular weight excluding hydrogens is 292 g/mol. The number of para-hydroxylation sites is 1. The number of primary amides is 1. The van der Waals surface area contributed by atoms with Gasteiger partial charge < -0.3 is 15.8 Å². The van der Waals surface area contributed by atoms with Crippen molar-refractivity contribution in [3.05, 3.63) is 46.9 Å². The van der Waals surface area contributed by atoms with Gasteiger partial charge in [-0.05, 0) is 24.6 Å². The largest absolute Gasteiger partial charge is 0.494 e. The molecule has 1 heterocycles. The van der Waals surface area contributed by atoms with Crippen molar-refractivity contribution >= 4 is 23.3 Å². The first-order chi connectivity index (χ1) is 10.1. The maximum Gasteiger partial charge on any atom is 0.254 e. The first-order valence-corrected chi connectivity index (χ1v) is 6.76. The summed E-state index contributed by atoms with van der Waals surface area (Å²) in [4.78, 5) is 19.1. The maximum absolute atomic E-state index is 11.3. The van der Waals surface area contributed by atoms with Gasteiger partial charge in [0.05, 0.1) is 12.2 Å². The second-order valence-corrected chi connectivity index (χ2v) is 4.50. The molecule has 0 saturated carbocycles. The molecule has 0 aliphatic carbocycles. The number of benzene rings is 1. The highest BCUT2D eigenvalue weighted by Crippen LogP contribution is 2.20. The van der Waals surface area contributed by atoms with Gasteiger partial charge in [-0.15, -0.1) is 0 Å². The molecule has 0 unspecified atom stereocenters. The van der Waals surface area contributed by atoms with Gasteiger partial charge in [-0.3, -0.25) is 4.79 Å². The number of aromatic nitrogens is 2. The van der Waals surface area contributed by atoms with Crippen LogP contribution in [0.15, 0.2) is 30.5 Å². The Balaban J connectivity index is 2.20. The van der Waals surface area contributed by atoms with E-state index in [-0.39, 0.29) is 10.8 Å². The number of rotatable bonds is 6. The molecule has 21 heavy (non-hydrogen) atoms. The van der Waals surface area contributed by atoms with Gasteiger partial charge in [-0.1, -0.05) is 18.2 Å². The fraction of sp³-hybridized carbons (Fsp3) is 0.214. The molecule has 0 aliphatic rings. The summed E-state index contributed by atoms with van der Waals surface area (Å²) in [6, 6.07) is 7.60. The van der Waals surface area contributed by atoms with Crippen molar-refractivity contribution in [2.45, 2.75) is 13.5 Å². The van der Waals surface area contributed by atoms with E-state index in [2.05, 4.69) is 15.3 Å². The Morgan fingerprint density at radius 1 is 1.43 bits per heavy atom. The molecule has 110 valence electrons. The fourth-order valence-electron chi connectivity index (χ4n) is 1.80. The van der Waals surface area contributed by atoms with Gasteiger partial charge in [-0.25, -0.2) is 4.98 Å². The molecule has 2 aromatic rings. The van der Waals surface area contributed by atoms with Crippen LogP contribution in [0.25, 0.3) is 0 Å². The van der Waals surface area contributed by atoms with E-state index in [1.54, 1.807) is 0 Å². The van der Waals surface area contributed by atoms with Gasteiger partial charge >= 0.3 is 0 Å². The number of hydrogen-bond donors (Lipinski definition) is 2. The molecule has 0 bridgehead atoms. The predicted molar refractivity (Wildman–Crippen MR) is 80.5 cm³/mol. The average molecular weight is 307 g/mol. The third-order valence-electron chi connectivity index (χ3n) is 2.74. The van der Waals surface area contributed by atoms with Crippen LogP contribution >= 0.6 is 11.6 Å². The average Bonchev–Trinajstić information content (AvgIpc) is 2.46. The Morgan fingerprint density at radius 2 is 2.19 bits per heavy atom. The third kappa shape index (κ3) is 3.82. The molecule has 7 heteroatoms. The van der Waals surface area contributed by atoms with Crippen molar-refractivity contribution in [1.29, 1.82) is 0 Å². The van der Waals surface area contributed by atoms with E-state index in [0.29, 0.717) is 19.0 Å². The van der Waals surface area contributed by atoms with Crippen molar-refractivity contribution in [3.8, 4) is 5.75 Å². The standard InChI is InChI=1S/C14H15ClN4O2/c1-2-21-11-6-4-3-5-9(11)7-17-13-10(12(16)20)8-18-14(15)19-13/h3-6,8H,2,7H2,1H3,(H2,16,20)(H,17,18,19). The van der Waals surface area contributed by atoms with Crippen LogP contribution in [0.4, 0.5) is 5.82 Å². The minimum atomic E-state index is -0.618. The lowest BCUT2D eigenvalue weighted by Crippen LogP contribution is -2.16. The molecule has 3 N–H and O–H groups in total. The van der Waals surface area contributed by atoms with Crippen molar-refractivity contribution in [1.82, 2.24) is 9.97 Å². The second-order valence-electron chi connectivity index (χ2n) is 4.16. The molecule has 6 nitrogen and oxygen atoms in total. The van der Waals surface area contributed by atoms with Crippen molar-refractivity contribution in [2.75, 3.05) is 11.9 Å². The van der Waals surface area contributed by atoms with E-state index >= 15 is 0 Å². The maximum atomic E-state index is 11.3. The van der Waals surface area contributed by atoms with Crippen LogP contribution in [0, 0.1) is 0 Å². The summed E-state index contributed by atoms with van der Waals surface area (Å²) in [5.41, 5.74) is 6.41. The lowest BCUT2D eigenvalue weighted by Gasteiger charge is -2.12. The number of hydrogen-bond acceptors (Lipinski definition) is 5. The van der Waals surface area contributed by atoms with Crippen LogP contribution in [0.3, 0.4) is 0 Å². The molecule has 0 fully saturated rings. The highest BCUT2D eigenvalue weighted by atomic mass is 35.5. The molecule has 1 aromatic heterocycles. The Bertz CT molecular complexity index is 649. The summed E-state index contributed by atoms with van der Waals surface area (Å²) in [6.45, 7) is 2.91. The highest BCUT2D eigenvalue weighted by Gasteiger charge is 2.12. The number of nitrogens with one attached hydrogen (secondary N) is 1. The van der Waals surface area contributed by atoms with Crippen molar-refractivity contribution < 1.29 is 9.53 Å². The van der Waals surface area contributed by atoms with E-state index in [9.17, 15) is 4.79 Å². The number of ether oxygens (including phenoxy) is 1. The Hall–Kier alpha value is -2.34. The van der Waals surface area contributed by atoms with E-state index < -0.39 is 5.91 Å². The first kappa shape index (κ1) is 15.1. The Morgan fingerprint density at radius 3 is 2.90 bits per heavy atom. The zero-order valence-electron chi connectivity index (χ0n) is 11.5. The number of halogens is 1. The van der Waals surface area contributed by atoms with Crippen molar-refractivity contribution in [2.24, 2.45) is 5.73 Å². The van der Waals surface area contributed by atoms with Gasteiger partial charge in [0, 0.05) is 18.3 Å². The van der Waals surface area contributed by atoms with Crippen molar-refractivity contribution in [3.63, 3.8) is 0 Å². The van der Waals surface area contributed by atoms with Gasteiger partial charge in [0.25, 0.3) is 5.91 Å². The van der Waals surface area contributed by atoms with Gasteiger partial charge in [0.2, 0.25) is 5.28 Å². The number of amides is 1. The van der Waals surface area contributed by atoms with E-state index in [4.69, 9.17) is 22.1 Å². The predicted octanol–water partition coefficient (Wildman–Crippen LogP) is 2.24. The van der Waals surface area contributed by atoms with Crippen LogP contribution in [-0.2, 0) is 6.54 Å². The topological polar surface area (TPSA) is 90.1 Å². The molecule has 1 amide bonds. The second kappa shape index (κ2) is 6.90. The fourth-order valence-corrected chi connectivity index (χ4v) is 1.93. The number of nitrogens with two attached hydrogens (primary N) is 1. The van der Waals surface area contributed by atoms with Crippen LogP contribution < -0.4 is 15.8 Å². The Kier molecular flexibility index (Phi) is 4.94. The lowest BCUT2D eigenvalue weighted by atomic mass is 10.2. The Labute approximate surface area is 127 Å². The number of nitrogens with zero attached hydrogens (tertiary/aromatic N) is 2. The summed E-state index contributed by atoms with van der Waals surface area (Å²) in [5.74, 6) is 0.453. The summed E-state index contributed by atoms with van der Waals surface area (Å²) < 4.78 is 5.54. The molecule has 0 aliphatic heterocycles. The zero-order chi connectivity index (χ0) is 15.2. The molecule has 0 radical (unpaired) electrons. The van der Waals surface area contributed by atoms with E-state index in [1.165, 1.54) is 6.20 Å². The third-order valence-corrected chi connectivity index (χ3v) is 2.93. The summed E-state index contributed by atoms with van der Waals surface area (Å²) >= 11 is 5.75. The monoisotopic (exact) mass is 306 g/mol. The van der Waals surface area contributed by atoms with Crippen LogP contribution in [0.2, 0.25) is 5.28 Å². The number of carbonyl (C=O) groups is 1. The molecule has 0 spiro atoms. The summed E-state index contributed by atoms with van der Waals surface area (Å²) in [6.07, 6.45) is 1.30. The number of anilines is 1. The van der Waals surface area contributed by atoms with Crippen LogP contribution in [0.5, 0.6) is 5.75 Å². The minimum absolute atomic E-state index is 0.0422. The number of carbonyl (C=O) groups excluding carboxylic acids is 1. The van der Waals surface area contributed by atoms with Gasteiger partial charge in [0.1, 0.15) is 11.6 Å². The van der Waals surface area contributed by atoms with E-state index in [0.717, 1.165) is 11.3 Å². The summed E-state index contributed by atoms with van der Waals surface area (Å²) in [7, 11) is 0. The minimum Gasteiger partial charge on any atom is -0.494 e. The SMILES string of the molecule is CCOc1ccccc1CNc1nc(Cl)ncc1C(N)=O. The van der Waals surface area contributed by atoms with E-state index in [1.807, 2.05) is 31.2 Å². The smallest absolute Gasteiger partial charge is 0.254 e. The molecular formula is C14H15ClN4O2. The lowest BCUT2D eigenvalue weighted by molar-refractivity contribution is 0.100. The highest BCUT2D eigenvalue weighted by molar-refractivity contribution is 6.28. The van der Waals surface area contributed by atoms with Gasteiger partial charge in [-0.2, -0.15) is 4.98 Å². The van der Waals surface area contributed by atoms with Crippen LogP contribution in [0.1, 0.15) is 22.8 Å². The van der Waals surface area contributed by atoms with Gasteiger partial charge in [0.15, 0.2) is 0 Å². The quantitative estimate of drug-likeness (QED) is 0.799. The summed E-state index contributed by atoms with van der Waals surface area (Å²) in [5, 5.41) is 3.08.